The summed E-state index contributed by atoms with van der Waals surface area (Å²) in [6, 6.07) is 14.4. The number of rotatable bonds is 6. The van der Waals surface area contributed by atoms with E-state index in [0.717, 1.165) is 22.6 Å². The Balaban J connectivity index is 1.88. The van der Waals surface area contributed by atoms with Crippen molar-refractivity contribution >= 4 is 27.3 Å². The summed E-state index contributed by atoms with van der Waals surface area (Å²) in [6.07, 6.45) is 0.538. The van der Waals surface area contributed by atoms with Gasteiger partial charge < -0.3 is 4.74 Å². The summed E-state index contributed by atoms with van der Waals surface area (Å²) in [6.45, 7) is 3.06. The zero-order chi connectivity index (χ0) is 20.3. The van der Waals surface area contributed by atoms with Crippen molar-refractivity contribution in [3.8, 4) is 5.75 Å². The summed E-state index contributed by atoms with van der Waals surface area (Å²) in [5.74, 6) is 0.586. The quantitative estimate of drug-likeness (QED) is 0.805. The maximum Gasteiger partial charge on any atom is 0.240 e. The number of ether oxygens (including phenoxy) is 1. The molecule has 7 nitrogen and oxygen atoms in total. The zero-order valence-corrected chi connectivity index (χ0v) is 16.9. The van der Waals surface area contributed by atoms with E-state index in [2.05, 4.69) is 9.82 Å². The standard InChI is InChI=1S/C20H23N3O4S/c1-4-28(25,26)22-17-7-5-6-16(12-17)19-13-20(23(21-19)14(2)24)15-8-10-18(27-3)11-9-15/h5-12,20,22H,4,13H2,1-3H3. The van der Waals surface area contributed by atoms with Crippen molar-refractivity contribution in [1.29, 1.82) is 0 Å². The van der Waals surface area contributed by atoms with Gasteiger partial charge in [0, 0.05) is 19.0 Å². The molecule has 0 saturated heterocycles. The molecule has 2 aromatic carbocycles. The van der Waals surface area contributed by atoms with Crippen molar-refractivity contribution in [1.82, 2.24) is 5.01 Å². The Hall–Kier alpha value is -2.87. The fourth-order valence-electron chi connectivity index (χ4n) is 3.07. The van der Waals surface area contributed by atoms with Gasteiger partial charge in [-0.25, -0.2) is 13.4 Å². The number of amides is 1. The van der Waals surface area contributed by atoms with Crippen molar-refractivity contribution in [2.75, 3.05) is 17.6 Å². The van der Waals surface area contributed by atoms with E-state index in [0.29, 0.717) is 12.1 Å². The fourth-order valence-corrected chi connectivity index (χ4v) is 3.71. The van der Waals surface area contributed by atoms with Gasteiger partial charge >= 0.3 is 0 Å². The number of carbonyl (C=O) groups is 1. The molecule has 1 aliphatic heterocycles. The molecule has 0 aromatic heterocycles. The molecule has 1 heterocycles. The van der Waals surface area contributed by atoms with Crippen LogP contribution in [0.25, 0.3) is 0 Å². The van der Waals surface area contributed by atoms with Crippen LogP contribution in [0.2, 0.25) is 0 Å². The maximum atomic E-state index is 12.1. The number of methoxy groups -OCH3 is 1. The van der Waals surface area contributed by atoms with E-state index in [1.165, 1.54) is 11.9 Å². The first-order valence-electron chi connectivity index (χ1n) is 8.95. The maximum absolute atomic E-state index is 12.1. The van der Waals surface area contributed by atoms with Gasteiger partial charge in [-0.3, -0.25) is 9.52 Å². The molecule has 1 unspecified atom stereocenters. The minimum atomic E-state index is -3.36. The number of nitrogens with one attached hydrogen (secondary N) is 1. The van der Waals surface area contributed by atoms with Crippen LogP contribution >= 0.6 is 0 Å². The highest BCUT2D eigenvalue weighted by Gasteiger charge is 2.31. The molecule has 0 aliphatic carbocycles. The second-order valence-corrected chi connectivity index (χ2v) is 8.50. The van der Waals surface area contributed by atoms with Gasteiger partial charge in [-0.15, -0.1) is 0 Å². The van der Waals surface area contributed by atoms with E-state index in [-0.39, 0.29) is 17.7 Å². The second kappa shape index (κ2) is 8.02. The molecule has 0 saturated carbocycles. The number of hydrogen-bond acceptors (Lipinski definition) is 5. The van der Waals surface area contributed by atoms with Crippen molar-refractivity contribution in [2.45, 2.75) is 26.3 Å². The summed E-state index contributed by atoms with van der Waals surface area (Å²) in [4.78, 5) is 12.1. The molecular formula is C20H23N3O4S. The molecule has 8 heteroatoms. The molecule has 0 radical (unpaired) electrons. The predicted molar refractivity (Wildman–Crippen MR) is 109 cm³/mol. The first-order chi connectivity index (χ1) is 13.3. The molecule has 1 atom stereocenters. The summed E-state index contributed by atoms with van der Waals surface area (Å²) < 4.78 is 31.4. The molecule has 0 fully saturated rings. The Labute approximate surface area is 165 Å². The third kappa shape index (κ3) is 4.33. The number of hydrogen-bond donors (Lipinski definition) is 1. The molecule has 3 rings (SSSR count). The number of anilines is 1. The Morgan fingerprint density at radius 3 is 2.57 bits per heavy atom. The lowest BCUT2D eigenvalue weighted by Crippen LogP contribution is -2.24. The Bertz CT molecular complexity index is 1000. The lowest BCUT2D eigenvalue weighted by Gasteiger charge is -2.20. The molecule has 0 spiro atoms. The van der Waals surface area contributed by atoms with E-state index in [1.807, 2.05) is 30.3 Å². The number of carbonyl (C=O) groups excluding carboxylic acids is 1. The summed E-state index contributed by atoms with van der Waals surface area (Å²) in [5, 5.41) is 5.98. The SMILES string of the molecule is CCS(=O)(=O)Nc1cccc(C2=NN(C(C)=O)C(c3ccc(OC)cc3)C2)c1. The summed E-state index contributed by atoms with van der Waals surface area (Å²) in [7, 11) is -1.76. The van der Waals surface area contributed by atoms with E-state index < -0.39 is 10.0 Å². The van der Waals surface area contributed by atoms with Crippen LogP contribution in [-0.2, 0) is 14.8 Å². The van der Waals surface area contributed by atoms with Gasteiger partial charge in [0.1, 0.15) is 5.75 Å². The van der Waals surface area contributed by atoms with E-state index >= 15 is 0 Å². The Morgan fingerprint density at radius 2 is 1.96 bits per heavy atom. The van der Waals surface area contributed by atoms with Crippen LogP contribution in [0.3, 0.4) is 0 Å². The molecule has 148 valence electrons. The monoisotopic (exact) mass is 401 g/mol. The van der Waals surface area contributed by atoms with Gasteiger partial charge in [-0.1, -0.05) is 24.3 Å². The van der Waals surface area contributed by atoms with Crippen LogP contribution in [0.4, 0.5) is 5.69 Å². The largest absolute Gasteiger partial charge is 0.497 e. The fraction of sp³-hybridized carbons (Fsp3) is 0.300. The second-order valence-electron chi connectivity index (χ2n) is 6.49. The first kappa shape index (κ1) is 19.9. The smallest absolute Gasteiger partial charge is 0.240 e. The minimum absolute atomic E-state index is 0.00413. The highest BCUT2D eigenvalue weighted by molar-refractivity contribution is 7.92. The van der Waals surface area contributed by atoms with Crippen LogP contribution in [-0.4, -0.2) is 37.9 Å². The van der Waals surface area contributed by atoms with Crippen molar-refractivity contribution in [3.05, 3.63) is 59.7 Å². The lowest BCUT2D eigenvalue weighted by molar-refractivity contribution is -0.130. The highest BCUT2D eigenvalue weighted by atomic mass is 32.2. The number of hydrazone groups is 1. The average Bonchev–Trinajstić information content (AvgIpc) is 3.14. The van der Waals surface area contributed by atoms with Crippen molar-refractivity contribution in [2.24, 2.45) is 5.10 Å². The van der Waals surface area contributed by atoms with Crippen LogP contribution < -0.4 is 9.46 Å². The molecule has 28 heavy (non-hydrogen) atoms. The van der Waals surface area contributed by atoms with Crippen LogP contribution in [0, 0.1) is 0 Å². The van der Waals surface area contributed by atoms with Gasteiger partial charge in [-0.2, -0.15) is 5.10 Å². The highest BCUT2D eigenvalue weighted by Crippen LogP contribution is 2.34. The molecule has 1 aliphatic rings. The molecule has 1 N–H and O–H groups in total. The van der Waals surface area contributed by atoms with Gasteiger partial charge in [0.25, 0.3) is 0 Å². The Kier molecular flexibility index (Phi) is 5.69. The number of nitrogens with zero attached hydrogens (tertiary/aromatic N) is 2. The number of benzene rings is 2. The predicted octanol–water partition coefficient (Wildman–Crippen LogP) is 3.15. The van der Waals surface area contributed by atoms with E-state index in [9.17, 15) is 13.2 Å². The minimum Gasteiger partial charge on any atom is -0.497 e. The Morgan fingerprint density at radius 1 is 1.25 bits per heavy atom. The third-order valence-corrected chi connectivity index (χ3v) is 5.89. The first-order valence-corrected chi connectivity index (χ1v) is 10.6. The van der Waals surface area contributed by atoms with Gasteiger partial charge in [0.2, 0.25) is 15.9 Å². The van der Waals surface area contributed by atoms with Crippen LogP contribution in [0.15, 0.2) is 53.6 Å². The summed E-state index contributed by atoms with van der Waals surface area (Å²) >= 11 is 0. The van der Waals surface area contributed by atoms with Gasteiger partial charge in [-0.05, 0) is 42.3 Å². The zero-order valence-electron chi connectivity index (χ0n) is 16.0. The summed E-state index contributed by atoms with van der Waals surface area (Å²) in [5.41, 5.74) is 2.94. The topological polar surface area (TPSA) is 88.1 Å². The third-order valence-electron chi connectivity index (χ3n) is 4.58. The van der Waals surface area contributed by atoms with Crippen LogP contribution in [0.5, 0.6) is 5.75 Å². The molecule has 0 bridgehead atoms. The molecule has 2 aromatic rings. The van der Waals surface area contributed by atoms with Crippen molar-refractivity contribution < 1.29 is 17.9 Å². The van der Waals surface area contributed by atoms with E-state index in [4.69, 9.17) is 4.74 Å². The van der Waals surface area contributed by atoms with Gasteiger partial charge in [0.05, 0.1) is 24.6 Å². The van der Waals surface area contributed by atoms with Crippen molar-refractivity contribution in [3.63, 3.8) is 0 Å². The van der Waals surface area contributed by atoms with Crippen LogP contribution in [0.1, 0.15) is 37.4 Å². The lowest BCUT2D eigenvalue weighted by atomic mass is 9.98. The van der Waals surface area contributed by atoms with E-state index in [1.54, 1.807) is 32.2 Å². The average molecular weight is 401 g/mol. The normalized spacial score (nSPS) is 16.6. The molecule has 1 amide bonds. The molecular weight excluding hydrogens is 378 g/mol. The van der Waals surface area contributed by atoms with Gasteiger partial charge in [0.15, 0.2) is 0 Å². The number of sulfonamides is 1.